The van der Waals surface area contributed by atoms with Gasteiger partial charge in [-0.3, -0.25) is 14.5 Å². The Labute approximate surface area is 210 Å². The Bertz CT molecular complexity index is 1530. The molecule has 0 spiro atoms. The minimum Gasteiger partial charge on any atom is -0.503 e. The third-order valence-electron chi connectivity index (χ3n) is 5.94. The van der Waals surface area contributed by atoms with Crippen LogP contribution in [0.2, 0.25) is 0 Å². The minimum absolute atomic E-state index is 0.0357. The first kappa shape index (κ1) is 23.4. The highest BCUT2D eigenvalue weighted by atomic mass is 32.1. The number of thiazole rings is 1. The number of fused-ring (bicyclic) bond motifs is 1. The van der Waals surface area contributed by atoms with Crippen molar-refractivity contribution in [1.29, 1.82) is 0 Å². The van der Waals surface area contributed by atoms with E-state index in [2.05, 4.69) is 4.98 Å². The molecular formula is C26H22N2O7S. The van der Waals surface area contributed by atoms with Gasteiger partial charge in [0, 0.05) is 10.8 Å². The standard InChI is InChI=1S/C26H22N2O7S/c1-13-12-36-26(27-13)28-21(14-8-9-16(32-2)18(10-14)34-4)20(23(30)25(28)31)22(29)19-11-15-6-5-7-17(33-3)24(15)35-19/h5-12,21,30H,1-4H3. The lowest BCUT2D eigenvalue weighted by atomic mass is 9.95. The number of rotatable bonds is 7. The first-order valence-electron chi connectivity index (χ1n) is 10.9. The normalized spacial score (nSPS) is 15.6. The fourth-order valence-corrected chi connectivity index (χ4v) is 5.09. The molecule has 184 valence electrons. The number of ether oxygens (including phenoxy) is 3. The summed E-state index contributed by atoms with van der Waals surface area (Å²) in [6.07, 6.45) is 0. The van der Waals surface area contributed by atoms with Gasteiger partial charge >= 0.3 is 0 Å². The highest BCUT2D eigenvalue weighted by Gasteiger charge is 2.46. The number of amides is 1. The molecular weight excluding hydrogens is 484 g/mol. The summed E-state index contributed by atoms with van der Waals surface area (Å²) in [5.74, 6) is -0.719. The maximum absolute atomic E-state index is 13.8. The molecule has 2 aromatic carbocycles. The number of nitrogens with zero attached hydrogens (tertiary/aromatic N) is 2. The molecule has 1 aliphatic heterocycles. The van der Waals surface area contributed by atoms with Crippen molar-refractivity contribution in [2.75, 3.05) is 26.2 Å². The van der Waals surface area contributed by atoms with E-state index in [-0.39, 0.29) is 11.3 Å². The number of aliphatic hydroxyl groups excluding tert-OH is 1. The second-order valence-corrected chi connectivity index (χ2v) is 8.88. The summed E-state index contributed by atoms with van der Waals surface area (Å²) in [4.78, 5) is 32.9. The lowest BCUT2D eigenvalue weighted by Gasteiger charge is -2.25. The van der Waals surface area contributed by atoms with Crippen molar-refractivity contribution < 1.29 is 33.3 Å². The summed E-state index contributed by atoms with van der Waals surface area (Å²) in [7, 11) is 4.51. The lowest BCUT2D eigenvalue weighted by Crippen LogP contribution is -2.31. The second kappa shape index (κ2) is 9.04. The van der Waals surface area contributed by atoms with E-state index in [1.807, 2.05) is 0 Å². The van der Waals surface area contributed by atoms with Gasteiger partial charge in [-0.1, -0.05) is 18.2 Å². The molecule has 1 unspecified atom stereocenters. The minimum atomic E-state index is -0.981. The van der Waals surface area contributed by atoms with Crippen LogP contribution >= 0.6 is 11.3 Å². The van der Waals surface area contributed by atoms with Crippen molar-refractivity contribution in [3.8, 4) is 17.2 Å². The fraction of sp³-hybridized carbons (Fsp3) is 0.192. The molecule has 1 aliphatic rings. The number of ketones is 1. The van der Waals surface area contributed by atoms with Crippen LogP contribution in [0.5, 0.6) is 17.2 Å². The van der Waals surface area contributed by atoms with Crippen LogP contribution in [0.25, 0.3) is 11.0 Å². The molecule has 5 rings (SSSR count). The van der Waals surface area contributed by atoms with Gasteiger partial charge in [-0.05, 0) is 36.8 Å². The van der Waals surface area contributed by atoms with Gasteiger partial charge < -0.3 is 23.7 Å². The summed E-state index contributed by atoms with van der Waals surface area (Å²) in [5.41, 5.74) is 1.49. The summed E-state index contributed by atoms with van der Waals surface area (Å²) in [6.45, 7) is 1.80. The van der Waals surface area contributed by atoms with Gasteiger partial charge in [0.2, 0.25) is 5.78 Å². The van der Waals surface area contributed by atoms with E-state index in [9.17, 15) is 14.7 Å². The summed E-state index contributed by atoms with van der Waals surface area (Å²) in [6, 6.07) is 10.9. The molecule has 1 N–H and O–H groups in total. The molecule has 0 fully saturated rings. The van der Waals surface area contributed by atoms with Crippen molar-refractivity contribution >= 4 is 39.1 Å². The van der Waals surface area contributed by atoms with Crippen molar-refractivity contribution in [3.63, 3.8) is 0 Å². The third-order valence-corrected chi connectivity index (χ3v) is 6.90. The van der Waals surface area contributed by atoms with E-state index in [1.165, 1.54) is 37.6 Å². The van der Waals surface area contributed by atoms with Gasteiger partial charge in [0.25, 0.3) is 5.91 Å². The van der Waals surface area contributed by atoms with Crippen molar-refractivity contribution in [2.24, 2.45) is 0 Å². The zero-order valence-electron chi connectivity index (χ0n) is 19.9. The SMILES string of the molecule is COc1ccc(C2C(C(=O)c3cc4cccc(OC)c4o3)=C(O)C(=O)N2c2nc(C)cs2)cc1OC. The van der Waals surface area contributed by atoms with Crippen molar-refractivity contribution in [3.05, 3.63) is 76.2 Å². The average molecular weight is 507 g/mol. The number of benzene rings is 2. The molecule has 0 saturated heterocycles. The highest BCUT2D eigenvalue weighted by molar-refractivity contribution is 7.14. The zero-order valence-corrected chi connectivity index (χ0v) is 20.7. The Hall–Kier alpha value is -4.31. The molecule has 4 aromatic rings. The highest BCUT2D eigenvalue weighted by Crippen LogP contribution is 2.45. The predicted octanol–water partition coefficient (Wildman–Crippen LogP) is 5.01. The molecule has 36 heavy (non-hydrogen) atoms. The topological polar surface area (TPSA) is 111 Å². The Morgan fingerprint density at radius 3 is 2.47 bits per heavy atom. The molecule has 9 nitrogen and oxygen atoms in total. The third kappa shape index (κ3) is 3.66. The Balaban J connectivity index is 1.68. The Morgan fingerprint density at radius 1 is 1.06 bits per heavy atom. The van der Waals surface area contributed by atoms with Crippen LogP contribution in [-0.4, -0.2) is 43.1 Å². The number of carbonyl (C=O) groups excluding carboxylic acids is 2. The van der Waals surface area contributed by atoms with Gasteiger partial charge in [-0.25, -0.2) is 4.98 Å². The number of Topliss-reactive ketones (excluding diaryl/α,β-unsaturated/α-hetero) is 1. The van der Waals surface area contributed by atoms with Crippen LogP contribution in [0.1, 0.15) is 27.9 Å². The van der Waals surface area contributed by atoms with Crippen LogP contribution in [0.15, 0.2) is 63.6 Å². The van der Waals surface area contributed by atoms with E-state index < -0.39 is 23.5 Å². The van der Waals surface area contributed by atoms with Crippen LogP contribution in [0.4, 0.5) is 5.13 Å². The van der Waals surface area contributed by atoms with Gasteiger partial charge in [0.1, 0.15) is 0 Å². The Morgan fingerprint density at radius 2 is 1.81 bits per heavy atom. The zero-order chi connectivity index (χ0) is 25.6. The maximum Gasteiger partial charge on any atom is 0.296 e. The molecule has 0 saturated carbocycles. The molecule has 0 bridgehead atoms. The number of carbonyl (C=O) groups is 2. The summed E-state index contributed by atoms with van der Waals surface area (Å²) < 4.78 is 22.0. The largest absolute Gasteiger partial charge is 0.503 e. The predicted molar refractivity (Wildman–Crippen MR) is 133 cm³/mol. The number of aliphatic hydroxyl groups is 1. The number of anilines is 1. The number of aromatic nitrogens is 1. The number of para-hydroxylation sites is 1. The van der Waals surface area contributed by atoms with E-state index in [0.717, 1.165) is 0 Å². The van der Waals surface area contributed by atoms with Crippen molar-refractivity contribution in [2.45, 2.75) is 13.0 Å². The van der Waals surface area contributed by atoms with Gasteiger partial charge in [-0.2, -0.15) is 0 Å². The summed E-state index contributed by atoms with van der Waals surface area (Å²) in [5, 5.41) is 13.8. The van der Waals surface area contributed by atoms with E-state index >= 15 is 0 Å². The smallest absolute Gasteiger partial charge is 0.296 e. The van der Waals surface area contributed by atoms with Crippen LogP contribution in [0, 0.1) is 6.92 Å². The molecule has 3 heterocycles. The van der Waals surface area contributed by atoms with E-state index in [1.54, 1.807) is 54.8 Å². The van der Waals surface area contributed by atoms with Crippen LogP contribution in [0.3, 0.4) is 0 Å². The second-order valence-electron chi connectivity index (χ2n) is 8.04. The maximum atomic E-state index is 13.8. The lowest BCUT2D eigenvalue weighted by molar-refractivity contribution is -0.117. The van der Waals surface area contributed by atoms with Gasteiger partial charge in [0.15, 0.2) is 39.5 Å². The number of hydrogen-bond acceptors (Lipinski definition) is 9. The molecule has 1 atom stereocenters. The van der Waals surface area contributed by atoms with Crippen LogP contribution in [-0.2, 0) is 4.79 Å². The van der Waals surface area contributed by atoms with Crippen molar-refractivity contribution in [1.82, 2.24) is 4.98 Å². The quantitative estimate of drug-likeness (QED) is 0.348. The molecule has 10 heteroatoms. The number of furan rings is 1. The molecule has 1 amide bonds. The van der Waals surface area contributed by atoms with E-state index in [4.69, 9.17) is 18.6 Å². The number of hydrogen-bond donors (Lipinski definition) is 1. The average Bonchev–Trinajstić information content (AvgIpc) is 3.59. The first-order chi connectivity index (χ1) is 17.4. The number of aryl methyl sites for hydroxylation is 1. The van der Waals surface area contributed by atoms with Crippen LogP contribution < -0.4 is 19.1 Å². The molecule has 0 radical (unpaired) electrons. The molecule has 0 aliphatic carbocycles. The van der Waals surface area contributed by atoms with Gasteiger partial charge in [0.05, 0.1) is 38.6 Å². The van der Waals surface area contributed by atoms with Gasteiger partial charge in [-0.15, -0.1) is 11.3 Å². The molecule has 2 aromatic heterocycles. The first-order valence-corrected chi connectivity index (χ1v) is 11.8. The number of methoxy groups -OCH3 is 3. The Kier molecular flexibility index (Phi) is 5.89. The van der Waals surface area contributed by atoms with E-state index in [0.29, 0.717) is 44.6 Å². The monoisotopic (exact) mass is 506 g/mol. The fourth-order valence-electron chi connectivity index (χ4n) is 4.27. The summed E-state index contributed by atoms with van der Waals surface area (Å²) >= 11 is 1.24.